The summed E-state index contributed by atoms with van der Waals surface area (Å²) in [5.41, 5.74) is 0.810. The first-order valence-electron chi connectivity index (χ1n) is 9.74. The van der Waals surface area contributed by atoms with Crippen molar-refractivity contribution in [1.29, 1.82) is 0 Å². The van der Waals surface area contributed by atoms with Crippen LogP contribution in [0.25, 0.3) is 0 Å². The minimum absolute atomic E-state index is 0.0973. The van der Waals surface area contributed by atoms with Crippen LogP contribution in [0, 0.1) is 11.8 Å². The lowest BCUT2D eigenvalue weighted by atomic mass is 9.86. The molecule has 0 bridgehead atoms. The van der Waals surface area contributed by atoms with Gasteiger partial charge in [0, 0.05) is 17.5 Å². The highest BCUT2D eigenvalue weighted by Crippen LogP contribution is 2.24. The monoisotopic (exact) mass is 342 g/mol. The van der Waals surface area contributed by atoms with Crippen LogP contribution in [0.1, 0.15) is 55.8 Å². The van der Waals surface area contributed by atoms with E-state index < -0.39 is 0 Å². The van der Waals surface area contributed by atoms with Crippen molar-refractivity contribution in [3.63, 3.8) is 0 Å². The quantitative estimate of drug-likeness (QED) is 0.836. The molecule has 3 rings (SSSR count). The average molecular weight is 342 g/mol. The molecule has 0 radical (unpaired) electrons. The number of Topliss-reactive ketones (excluding diaryl/α,β-unsaturated/α-hetero) is 1. The number of hydrogen-bond acceptors (Lipinski definition) is 3. The van der Waals surface area contributed by atoms with Gasteiger partial charge in [-0.1, -0.05) is 50.1 Å². The Bertz CT molecular complexity index is 579. The largest absolute Gasteiger partial charge is 0.352 e. The Labute approximate surface area is 151 Å². The van der Waals surface area contributed by atoms with Crippen molar-refractivity contribution in [2.24, 2.45) is 11.8 Å². The molecule has 1 aromatic carbocycles. The third-order valence-corrected chi connectivity index (χ3v) is 5.84. The van der Waals surface area contributed by atoms with Crippen LogP contribution in [-0.4, -0.2) is 42.3 Å². The van der Waals surface area contributed by atoms with Gasteiger partial charge in [-0.25, -0.2) is 0 Å². The minimum atomic E-state index is 0.0973. The van der Waals surface area contributed by atoms with Crippen molar-refractivity contribution in [3.05, 3.63) is 35.9 Å². The standard InChI is InChI=1S/C21H30N2O2/c1-16-7-5-6-10-19(16)22-20(24)15-23-13-11-18(12-14-23)21(25)17-8-3-2-4-9-17/h2-4,8-9,16,18-19H,5-7,10-15H2,1H3,(H,22,24)/t16-,19+/m1/s1. The smallest absolute Gasteiger partial charge is 0.234 e. The van der Waals surface area contributed by atoms with E-state index in [4.69, 9.17) is 0 Å². The summed E-state index contributed by atoms with van der Waals surface area (Å²) in [5.74, 6) is 1.08. The van der Waals surface area contributed by atoms with E-state index in [1.807, 2.05) is 30.3 Å². The molecule has 0 spiro atoms. The summed E-state index contributed by atoms with van der Waals surface area (Å²) in [7, 11) is 0. The predicted octanol–water partition coefficient (Wildman–Crippen LogP) is 3.28. The van der Waals surface area contributed by atoms with Gasteiger partial charge in [-0.15, -0.1) is 0 Å². The number of carbonyl (C=O) groups is 2. The highest BCUT2D eigenvalue weighted by atomic mass is 16.2. The normalized spacial score (nSPS) is 25.5. The number of carbonyl (C=O) groups excluding carboxylic acids is 2. The molecule has 1 N–H and O–H groups in total. The number of hydrogen-bond donors (Lipinski definition) is 1. The Hall–Kier alpha value is -1.68. The van der Waals surface area contributed by atoms with Gasteiger partial charge in [0.2, 0.25) is 5.91 Å². The summed E-state index contributed by atoms with van der Waals surface area (Å²) in [6, 6.07) is 9.91. The molecule has 1 heterocycles. The SMILES string of the molecule is C[C@@H]1CCCC[C@@H]1NC(=O)CN1CCC(C(=O)c2ccccc2)CC1. The van der Waals surface area contributed by atoms with Crippen molar-refractivity contribution >= 4 is 11.7 Å². The second kappa shape index (κ2) is 8.61. The molecule has 1 saturated carbocycles. The van der Waals surface area contributed by atoms with Crippen LogP contribution < -0.4 is 5.32 Å². The second-order valence-corrected chi connectivity index (χ2v) is 7.72. The minimum Gasteiger partial charge on any atom is -0.352 e. The average Bonchev–Trinajstić information content (AvgIpc) is 2.64. The number of ketones is 1. The molecule has 0 aromatic heterocycles. The molecule has 1 saturated heterocycles. The molecule has 4 nitrogen and oxygen atoms in total. The van der Waals surface area contributed by atoms with E-state index in [0.29, 0.717) is 18.5 Å². The van der Waals surface area contributed by atoms with Gasteiger partial charge < -0.3 is 5.32 Å². The third kappa shape index (κ3) is 4.91. The molecular formula is C21H30N2O2. The zero-order valence-corrected chi connectivity index (χ0v) is 15.2. The number of piperidine rings is 1. The molecule has 1 aliphatic carbocycles. The van der Waals surface area contributed by atoms with Crippen LogP contribution in [0.3, 0.4) is 0 Å². The highest BCUT2D eigenvalue weighted by molar-refractivity contribution is 5.97. The van der Waals surface area contributed by atoms with Crippen molar-refractivity contribution in [1.82, 2.24) is 10.2 Å². The van der Waals surface area contributed by atoms with Crippen LogP contribution in [-0.2, 0) is 4.79 Å². The van der Waals surface area contributed by atoms with E-state index >= 15 is 0 Å². The summed E-state index contributed by atoms with van der Waals surface area (Å²) in [4.78, 5) is 27.1. The van der Waals surface area contributed by atoms with Gasteiger partial charge in [0.1, 0.15) is 0 Å². The summed E-state index contributed by atoms with van der Waals surface area (Å²) in [6.07, 6.45) is 6.54. The van der Waals surface area contributed by atoms with E-state index in [1.54, 1.807) is 0 Å². The van der Waals surface area contributed by atoms with Gasteiger partial charge in [-0.2, -0.15) is 0 Å². The molecule has 25 heavy (non-hydrogen) atoms. The van der Waals surface area contributed by atoms with Crippen molar-refractivity contribution in [3.8, 4) is 0 Å². The maximum Gasteiger partial charge on any atom is 0.234 e. The van der Waals surface area contributed by atoms with Crippen LogP contribution in [0.2, 0.25) is 0 Å². The number of likely N-dealkylation sites (tertiary alicyclic amines) is 1. The maximum absolute atomic E-state index is 12.5. The Morgan fingerprint density at radius 2 is 1.72 bits per heavy atom. The zero-order valence-electron chi connectivity index (χ0n) is 15.2. The summed E-state index contributed by atoms with van der Waals surface area (Å²) in [5, 5.41) is 3.23. The number of benzene rings is 1. The van der Waals surface area contributed by atoms with Crippen LogP contribution in [0.4, 0.5) is 0 Å². The topological polar surface area (TPSA) is 49.4 Å². The Morgan fingerprint density at radius 3 is 2.40 bits per heavy atom. The summed E-state index contributed by atoms with van der Waals surface area (Å²) in [6.45, 7) is 4.37. The molecule has 2 atom stereocenters. The van der Waals surface area contributed by atoms with Crippen LogP contribution in [0.5, 0.6) is 0 Å². The molecule has 1 amide bonds. The Morgan fingerprint density at radius 1 is 1.04 bits per heavy atom. The lowest BCUT2D eigenvalue weighted by Crippen LogP contribution is -2.47. The van der Waals surface area contributed by atoms with Gasteiger partial charge in [-0.05, 0) is 44.7 Å². The van der Waals surface area contributed by atoms with Gasteiger partial charge in [0.05, 0.1) is 6.54 Å². The molecule has 1 aliphatic heterocycles. The lowest BCUT2D eigenvalue weighted by molar-refractivity contribution is -0.123. The molecule has 4 heteroatoms. The van der Waals surface area contributed by atoms with Crippen molar-refractivity contribution in [2.45, 2.75) is 51.5 Å². The Kier molecular flexibility index (Phi) is 6.24. The van der Waals surface area contributed by atoms with E-state index in [-0.39, 0.29) is 17.6 Å². The van der Waals surface area contributed by atoms with Gasteiger partial charge in [0.25, 0.3) is 0 Å². The lowest BCUT2D eigenvalue weighted by Gasteiger charge is -2.33. The number of amides is 1. The molecule has 1 aromatic rings. The summed E-state index contributed by atoms with van der Waals surface area (Å²) >= 11 is 0. The van der Waals surface area contributed by atoms with Gasteiger partial charge in [0.15, 0.2) is 5.78 Å². The first-order valence-corrected chi connectivity index (χ1v) is 9.74. The van der Waals surface area contributed by atoms with Gasteiger partial charge in [-0.3, -0.25) is 14.5 Å². The third-order valence-electron chi connectivity index (χ3n) is 5.84. The van der Waals surface area contributed by atoms with Crippen molar-refractivity contribution < 1.29 is 9.59 Å². The van der Waals surface area contributed by atoms with E-state index in [1.165, 1.54) is 19.3 Å². The van der Waals surface area contributed by atoms with E-state index in [2.05, 4.69) is 17.1 Å². The van der Waals surface area contributed by atoms with Crippen LogP contribution >= 0.6 is 0 Å². The fraction of sp³-hybridized carbons (Fsp3) is 0.619. The number of nitrogens with zero attached hydrogens (tertiary/aromatic N) is 1. The highest BCUT2D eigenvalue weighted by Gasteiger charge is 2.28. The first-order chi connectivity index (χ1) is 12.1. The van der Waals surface area contributed by atoms with Gasteiger partial charge >= 0.3 is 0 Å². The number of rotatable bonds is 5. The zero-order chi connectivity index (χ0) is 17.6. The molecular weight excluding hydrogens is 312 g/mol. The molecule has 136 valence electrons. The summed E-state index contributed by atoms with van der Waals surface area (Å²) < 4.78 is 0. The molecule has 2 fully saturated rings. The van der Waals surface area contributed by atoms with E-state index in [9.17, 15) is 9.59 Å². The maximum atomic E-state index is 12.5. The second-order valence-electron chi connectivity index (χ2n) is 7.72. The van der Waals surface area contributed by atoms with Crippen molar-refractivity contribution in [2.75, 3.05) is 19.6 Å². The fourth-order valence-corrected chi connectivity index (χ4v) is 4.18. The van der Waals surface area contributed by atoms with Crippen LogP contribution in [0.15, 0.2) is 30.3 Å². The Balaban J connectivity index is 1.43. The molecule has 2 aliphatic rings. The first kappa shape index (κ1) is 18.1. The molecule has 0 unspecified atom stereocenters. The van der Waals surface area contributed by atoms with E-state index in [0.717, 1.165) is 37.9 Å². The fourth-order valence-electron chi connectivity index (χ4n) is 4.18. The number of nitrogens with one attached hydrogen (secondary N) is 1. The predicted molar refractivity (Wildman–Crippen MR) is 99.5 cm³/mol.